The van der Waals surface area contributed by atoms with Gasteiger partial charge in [-0.2, -0.15) is 0 Å². The van der Waals surface area contributed by atoms with Gasteiger partial charge in [0, 0.05) is 41.9 Å². The molecular formula is C43H60N8O5. The number of hydrogen-bond donors (Lipinski definition) is 5. The maximum atomic E-state index is 13.7. The standard InChI is InChI=1S/C43H60N8O5/c1-28(2)51(29(3)4)41(46)50-27-32(18-21-38(50)45)56-36-20-19-35(33-15-8-9-16-34(33)36)48-42(52)49-39(26-37(44)43(5,6)7)47-30-13-12-14-31(25-30)53-23-24-55-40-17-10-11-22-54-40/h8-9,12-16,18,21,25-29,35-36,40,45-46H,10-11,17,19-20,22-24,44H2,1-7H3,(H2,47,48,49,52)/b37-26-,45-38?,46-41?. The minimum Gasteiger partial charge on any atom is -0.491 e. The van der Waals surface area contributed by atoms with E-state index in [2.05, 4.69) is 10.6 Å². The fraction of sp³-hybridized carbons (Fsp3) is 0.488. The van der Waals surface area contributed by atoms with Crippen LogP contribution in [0.3, 0.4) is 0 Å². The molecule has 2 aromatic carbocycles. The van der Waals surface area contributed by atoms with Crippen LogP contribution < -0.4 is 31.3 Å². The number of hydrogen-bond acceptors (Lipinski definition) is 9. The van der Waals surface area contributed by atoms with Gasteiger partial charge >= 0.3 is 6.03 Å². The first-order valence-electron chi connectivity index (χ1n) is 19.7. The lowest BCUT2D eigenvalue weighted by Crippen LogP contribution is -2.47. The Morgan fingerprint density at radius 2 is 1.75 bits per heavy atom. The molecule has 2 aliphatic rings. The summed E-state index contributed by atoms with van der Waals surface area (Å²) in [5.74, 6) is 1.70. The van der Waals surface area contributed by atoms with Gasteiger partial charge in [0.1, 0.15) is 35.5 Å². The summed E-state index contributed by atoms with van der Waals surface area (Å²) in [6.07, 6.45) is 7.27. The zero-order valence-electron chi connectivity index (χ0n) is 33.9. The van der Waals surface area contributed by atoms with Crippen molar-refractivity contribution in [2.24, 2.45) is 16.1 Å². The molecule has 1 saturated heterocycles. The van der Waals surface area contributed by atoms with Gasteiger partial charge in [0.2, 0.25) is 5.96 Å². The Morgan fingerprint density at radius 1 is 1.00 bits per heavy atom. The van der Waals surface area contributed by atoms with Gasteiger partial charge in [-0.15, -0.1) is 0 Å². The number of allylic oxidation sites excluding steroid dienone is 1. The highest BCUT2D eigenvalue weighted by atomic mass is 16.7. The van der Waals surface area contributed by atoms with E-state index in [1.165, 1.54) is 0 Å². The van der Waals surface area contributed by atoms with Gasteiger partial charge in [-0.3, -0.25) is 20.7 Å². The van der Waals surface area contributed by atoms with Crippen molar-refractivity contribution in [3.05, 3.63) is 95.2 Å². The van der Waals surface area contributed by atoms with Crippen LogP contribution in [0, 0.1) is 16.2 Å². The van der Waals surface area contributed by atoms with Gasteiger partial charge in [-0.25, -0.2) is 9.79 Å². The van der Waals surface area contributed by atoms with E-state index in [1.54, 1.807) is 29.0 Å². The van der Waals surface area contributed by atoms with Crippen LogP contribution in [0.4, 0.5) is 10.5 Å². The fourth-order valence-corrected chi connectivity index (χ4v) is 6.86. The monoisotopic (exact) mass is 768 g/mol. The topological polar surface area (TPSA) is 172 Å². The average Bonchev–Trinajstić information content (AvgIpc) is 3.15. The second-order valence-corrected chi connectivity index (χ2v) is 15.9. The molecule has 13 nitrogen and oxygen atoms in total. The quantitative estimate of drug-likeness (QED) is 0.0715. The lowest BCUT2D eigenvalue weighted by Gasteiger charge is -2.34. The second-order valence-electron chi connectivity index (χ2n) is 15.9. The van der Waals surface area contributed by atoms with Crippen LogP contribution in [0.2, 0.25) is 0 Å². The molecule has 1 fully saturated rings. The molecule has 3 unspecified atom stereocenters. The molecule has 5 rings (SSSR count). The van der Waals surface area contributed by atoms with Gasteiger partial charge in [-0.05, 0) is 95.2 Å². The van der Waals surface area contributed by atoms with Gasteiger partial charge in [0.15, 0.2) is 6.29 Å². The molecule has 1 aromatic heterocycles. The lowest BCUT2D eigenvalue weighted by molar-refractivity contribution is -0.165. The third-order valence-electron chi connectivity index (χ3n) is 9.79. The van der Waals surface area contributed by atoms with Crippen LogP contribution in [0.25, 0.3) is 0 Å². The van der Waals surface area contributed by atoms with Crippen LogP contribution in [0.5, 0.6) is 11.5 Å². The maximum Gasteiger partial charge on any atom is 0.320 e. The number of nitrogens with one attached hydrogen (secondary N) is 4. The number of carbonyl (C=O) groups excluding carboxylic acids is 1. The molecule has 1 aliphatic heterocycles. The summed E-state index contributed by atoms with van der Waals surface area (Å²) in [6.45, 7) is 15.7. The molecule has 3 atom stereocenters. The van der Waals surface area contributed by atoms with Gasteiger partial charge in [0.05, 0.1) is 24.5 Å². The van der Waals surface area contributed by atoms with Crippen molar-refractivity contribution in [3.63, 3.8) is 0 Å². The number of fused-ring (bicyclic) bond motifs is 1. The zero-order valence-corrected chi connectivity index (χ0v) is 33.9. The van der Waals surface area contributed by atoms with Crippen molar-refractivity contribution in [2.75, 3.05) is 19.8 Å². The predicted molar refractivity (Wildman–Crippen MR) is 219 cm³/mol. The number of amidine groups is 1. The number of carbonyl (C=O) groups is 1. The van der Waals surface area contributed by atoms with Crippen molar-refractivity contribution in [3.8, 4) is 11.5 Å². The van der Waals surface area contributed by atoms with Gasteiger partial charge < -0.3 is 34.9 Å². The van der Waals surface area contributed by atoms with Crippen molar-refractivity contribution in [2.45, 2.75) is 111 Å². The van der Waals surface area contributed by atoms with Crippen molar-refractivity contribution in [1.82, 2.24) is 20.1 Å². The summed E-state index contributed by atoms with van der Waals surface area (Å²) >= 11 is 0. The molecule has 0 radical (unpaired) electrons. The second kappa shape index (κ2) is 19.1. The summed E-state index contributed by atoms with van der Waals surface area (Å²) in [7, 11) is 0. The van der Waals surface area contributed by atoms with Crippen molar-refractivity contribution < 1.29 is 23.7 Å². The fourth-order valence-electron chi connectivity index (χ4n) is 6.86. The number of benzene rings is 2. The molecule has 56 heavy (non-hydrogen) atoms. The van der Waals surface area contributed by atoms with Crippen LogP contribution >= 0.6 is 0 Å². The van der Waals surface area contributed by atoms with E-state index in [0.29, 0.717) is 54.8 Å². The van der Waals surface area contributed by atoms with Crippen LogP contribution in [-0.2, 0) is 9.47 Å². The Labute approximate surface area is 331 Å². The zero-order chi connectivity index (χ0) is 40.4. The molecule has 2 heterocycles. The van der Waals surface area contributed by atoms with Crippen molar-refractivity contribution in [1.29, 1.82) is 10.8 Å². The van der Waals surface area contributed by atoms with E-state index in [-0.39, 0.29) is 47.4 Å². The van der Waals surface area contributed by atoms with Crippen molar-refractivity contribution >= 4 is 23.5 Å². The largest absolute Gasteiger partial charge is 0.491 e. The molecule has 13 heteroatoms. The Hall–Kier alpha value is -5.14. The summed E-state index contributed by atoms with van der Waals surface area (Å²) in [5.41, 5.74) is 9.38. The highest BCUT2D eigenvalue weighted by Crippen LogP contribution is 2.38. The third kappa shape index (κ3) is 11.5. The number of rotatable bonds is 12. The molecule has 0 spiro atoms. The number of urea groups is 1. The molecule has 0 saturated carbocycles. The summed E-state index contributed by atoms with van der Waals surface area (Å²) in [4.78, 5) is 20.4. The molecular weight excluding hydrogens is 709 g/mol. The summed E-state index contributed by atoms with van der Waals surface area (Å²) in [5, 5.41) is 23.5. The molecule has 3 aromatic rings. The minimum absolute atomic E-state index is 0.0866. The maximum absolute atomic E-state index is 13.7. The van der Waals surface area contributed by atoms with Gasteiger partial charge in [-0.1, -0.05) is 51.1 Å². The van der Waals surface area contributed by atoms with E-state index < -0.39 is 6.03 Å². The molecule has 6 N–H and O–H groups in total. The van der Waals surface area contributed by atoms with E-state index in [4.69, 9.17) is 40.5 Å². The Morgan fingerprint density at radius 3 is 2.45 bits per heavy atom. The number of aromatic nitrogens is 1. The number of ether oxygens (including phenoxy) is 4. The number of nitrogens with zero attached hydrogens (tertiary/aromatic N) is 3. The normalized spacial score (nSPS) is 19.0. The smallest absolute Gasteiger partial charge is 0.320 e. The summed E-state index contributed by atoms with van der Waals surface area (Å²) < 4.78 is 25.5. The third-order valence-corrected chi connectivity index (χ3v) is 9.79. The van der Waals surface area contributed by atoms with Crippen LogP contribution in [0.1, 0.15) is 104 Å². The number of pyridine rings is 1. The van der Waals surface area contributed by atoms with E-state index in [0.717, 1.165) is 37.0 Å². The van der Waals surface area contributed by atoms with E-state index in [1.807, 2.05) is 102 Å². The molecule has 2 amide bonds. The van der Waals surface area contributed by atoms with Crippen LogP contribution in [0.15, 0.2) is 83.6 Å². The molecule has 302 valence electrons. The van der Waals surface area contributed by atoms with E-state index >= 15 is 0 Å². The Kier molecular flexibility index (Phi) is 14.4. The first-order valence-corrected chi connectivity index (χ1v) is 19.7. The first kappa shape index (κ1) is 42.0. The SMILES string of the molecule is CC(C)N(C(=N)n1cc(OC2CCC(NC(=O)NC(/C=C(\N)C(C)(C)C)=Nc3cccc(OCCOC4CCCCO4)c3)c3ccccc32)ccc1=N)C(C)C. The number of nitrogens with two attached hydrogens (primary N) is 1. The lowest BCUT2D eigenvalue weighted by atomic mass is 9.85. The molecule has 1 aliphatic carbocycles. The minimum atomic E-state index is -0.416. The summed E-state index contributed by atoms with van der Waals surface area (Å²) in [6, 6.07) is 18.2. The number of aliphatic imine (C=N–C) groups is 1. The molecule has 0 bridgehead atoms. The highest BCUT2D eigenvalue weighted by molar-refractivity contribution is 6.05. The first-order chi connectivity index (χ1) is 26.7. The van der Waals surface area contributed by atoms with Crippen LogP contribution in [-0.4, -0.2) is 65.5 Å². The average molecular weight is 769 g/mol. The number of amides is 2. The van der Waals surface area contributed by atoms with Gasteiger partial charge in [0.25, 0.3) is 0 Å². The van der Waals surface area contributed by atoms with E-state index in [9.17, 15) is 4.79 Å². The Balaban J connectivity index is 1.28. The predicted octanol–water partition coefficient (Wildman–Crippen LogP) is 7.66. The Bertz CT molecular complexity index is 1920. The highest BCUT2D eigenvalue weighted by Gasteiger charge is 2.30.